The van der Waals surface area contributed by atoms with E-state index >= 15 is 0 Å². The van der Waals surface area contributed by atoms with E-state index in [0.29, 0.717) is 29.5 Å². The molecule has 0 atom stereocenters. The summed E-state index contributed by atoms with van der Waals surface area (Å²) in [5.41, 5.74) is 1.34. The average Bonchev–Trinajstić information content (AvgIpc) is 2.67. The number of hydrogen-bond acceptors (Lipinski definition) is 6. The molecule has 6 heteroatoms. The summed E-state index contributed by atoms with van der Waals surface area (Å²) in [4.78, 5) is 19.9. The van der Waals surface area contributed by atoms with Crippen molar-refractivity contribution < 1.29 is 19.0 Å². The first-order valence-corrected chi connectivity index (χ1v) is 7.58. The Bertz CT molecular complexity index is 839. The number of carbonyl (C=O) groups excluding carboxylic acids is 1. The number of rotatable bonds is 6. The molecule has 0 aliphatic rings. The maximum Gasteiger partial charge on any atom is 0.338 e. The highest BCUT2D eigenvalue weighted by Crippen LogP contribution is 2.27. The number of methoxy groups -OCH3 is 1. The average molecular weight is 336 g/mol. The molecule has 25 heavy (non-hydrogen) atoms. The summed E-state index contributed by atoms with van der Waals surface area (Å²) in [5, 5.41) is 0. The zero-order valence-corrected chi connectivity index (χ0v) is 13.6. The monoisotopic (exact) mass is 336 g/mol. The number of ether oxygens (including phenoxy) is 3. The molecule has 1 heterocycles. The van der Waals surface area contributed by atoms with Gasteiger partial charge in [-0.05, 0) is 17.7 Å². The van der Waals surface area contributed by atoms with Gasteiger partial charge in [-0.25, -0.2) is 9.78 Å². The molecular formula is C19H16N2O4. The standard InChI is InChI=1S/C19H16N2O4/c1-23-19(22)15-9-16(24-13-14-5-3-2-4-6-14)11-17(10-15)25-18-12-20-7-8-21-18/h2-12H,13H2,1H3. The summed E-state index contributed by atoms with van der Waals surface area (Å²) in [5.74, 6) is 0.741. The first kappa shape index (κ1) is 16.4. The predicted molar refractivity (Wildman–Crippen MR) is 90.7 cm³/mol. The Morgan fingerprint density at radius 2 is 1.84 bits per heavy atom. The van der Waals surface area contributed by atoms with E-state index in [1.54, 1.807) is 24.4 Å². The summed E-state index contributed by atoms with van der Waals surface area (Å²) in [6.45, 7) is 0.371. The minimum Gasteiger partial charge on any atom is -0.489 e. The molecule has 0 saturated carbocycles. The minimum absolute atomic E-state index is 0.318. The molecule has 0 fully saturated rings. The van der Waals surface area contributed by atoms with Crippen molar-refractivity contribution in [3.8, 4) is 17.4 Å². The smallest absolute Gasteiger partial charge is 0.338 e. The van der Waals surface area contributed by atoms with Crippen molar-refractivity contribution in [3.05, 3.63) is 78.2 Å². The minimum atomic E-state index is -0.478. The van der Waals surface area contributed by atoms with Crippen LogP contribution in [0.2, 0.25) is 0 Å². The maximum atomic E-state index is 11.9. The first-order valence-electron chi connectivity index (χ1n) is 7.58. The van der Waals surface area contributed by atoms with E-state index in [1.807, 2.05) is 30.3 Å². The molecule has 0 spiro atoms. The summed E-state index contributed by atoms with van der Waals surface area (Å²) < 4.78 is 16.2. The highest BCUT2D eigenvalue weighted by molar-refractivity contribution is 5.90. The third-order valence-electron chi connectivity index (χ3n) is 3.31. The fourth-order valence-corrected chi connectivity index (χ4v) is 2.15. The van der Waals surface area contributed by atoms with Crippen LogP contribution in [-0.2, 0) is 11.3 Å². The summed E-state index contributed by atoms with van der Waals surface area (Å²) in [7, 11) is 1.32. The van der Waals surface area contributed by atoms with Gasteiger partial charge in [0, 0.05) is 18.5 Å². The fraction of sp³-hybridized carbons (Fsp3) is 0.105. The molecule has 0 aliphatic carbocycles. The zero-order valence-electron chi connectivity index (χ0n) is 13.6. The lowest BCUT2D eigenvalue weighted by Crippen LogP contribution is -2.03. The van der Waals surface area contributed by atoms with Crippen molar-refractivity contribution in [3.63, 3.8) is 0 Å². The largest absolute Gasteiger partial charge is 0.489 e. The van der Waals surface area contributed by atoms with Crippen LogP contribution in [0.1, 0.15) is 15.9 Å². The third kappa shape index (κ3) is 4.54. The van der Waals surface area contributed by atoms with Gasteiger partial charge in [0.15, 0.2) is 0 Å². The Kier molecular flexibility index (Phi) is 5.21. The summed E-state index contributed by atoms with van der Waals surface area (Å²) in [6.07, 6.45) is 4.55. The predicted octanol–water partition coefficient (Wildman–Crippen LogP) is 3.63. The van der Waals surface area contributed by atoms with Crippen molar-refractivity contribution in [2.45, 2.75) is 6.61 Å². The van der Waals surface area contributed by atoms with Crippen LogP contribution in [-0.4, -0.2) is 23.0 Å². The van der Waals surface area contributed by atoms with Crippen LogP contribution in [0.5, 0.6) is 17.4 Å². The van der Waals surface area contributed by atoms with Gasteiger partial charge in [0.2, 0.25) is 5.88 Å². The molecule has 0 unspecified atom stereocenters. The van der Waals surface area contributed by atoms with Gasteiger partial charge in [0.05, 0.1) is 18.9 Å². The molecule has 0 saturated heterocycles. The van der Waals surface area contributed by atoms with Crippen LogP contribution in [0, 0.1) is 0 Å². The van der Waals surface area contributed by atoms with Crippen molar-refractivity contribution in [1.82, 2.24) is 9.97 Å². The molecule has 0 bridgehead atoms. The normalized spacial score (nSPS) is 10.1. The number of carbonyl (C=O) groups is 1. The fourth-order valence-electron chi connectivity index (χ4n) is 2.15. The Morgan fingerprint density at radius 3 is 2.56 bits per heavy atom. The molecule has 0 aliphatic heterocycles. The van der Waals surface area contributed by atoms with Crippen LogP contribution in [0.25, 0.3) is 0 Å². The Hall–Kier alpha value is -3.41. The first-order chi connectivity index (χ1) is 12.2. The molecule has 0 N–H and O–H groups in total. The summed E-state index contributed by atoms with van der Waals surface area (Å²) >= 11 is 0. The van der Waals surface area contributed by atoms with Crippen molar-refractivity contribution in [2.75, 3.05) is 7.11 Å². The van der Waals surface area contributed by atoms with Gasteiger partial charge >= 0.3 is 5.97 Å². The van der Waals surface area contributed by atoms with E-state index in [-0.39, 0.29) is 0 Å². The number of aromatic nitrogens is 2. The highest BCUT2D eigenvalue weighted by Gasteiger charge is 2.12. The van der Waals surface area contributed by atoms with Crippen molar-refractivity contribution >= 4 is 5.97 Å². The van der Waals surface area contributed by atoms with Crippen LogP contribution in [0.4, 0.5) is 0 Å². The van der Waals surface area contributed by atoms with Gasteiger partial charge in [0.25, 0.3) is 0 Å². The zero-order chi connectivity index (χ0) is 17.5. The molecule has 1 aromatic heterocycles. The molecule has 6 nitrogen and oxygen atoms in total. The highest BCUT2D eigenvalue weighted by atomic mass is 16.5. The van der Waals surface area contributed by atoms with Crippen LogP contribution in [0.15, 0.2) is 67.1 Å². The molecule has 0 radical (unpaired) electrons. The molecule has 3 rings (SSSR count). The SMILES string of the molecule is COC(=O)c1cc(OCc2ccccc2)cc(Oc2cnccn2)c1. The third-order valence-corrected chi connectivity index (χ3v) is 3.31. The Morgan fingerprint density at radius 1 is 1.04 bits per heavy atom. The van der Waals surface area contributed by atoms with Gasteiger partial charge in [-0.15, -0.1) is 0 Å². The molecule has 0 amide bonds. The topological polar surface area (TPSA) is 70.5 Å². The van der Waals surface area contributed by atoms with E-state index < -0.39 is 5.97 Å². The quantitative estimate of drug-likeness (QED) is 0.640. The Labute approximate surface area is 145 Å². The number of nitrogens with zero attached hydrogens (tertiary/aromatic N) is 2. The lowest BCUT2D eigenvalue weighted by atomic mass is 10.2. The van der Waals surface area contributed by atoms with Crippen molar-refractivity contribution in [1.29, 1.82) is 0 Å². The van der Waals surface area contributed by atoms with E-state index in [4.69, 9.17) is 14.2 Å². The van der Waals surface area contributed by atoms with Crippen LogP contribution in [0.3, 0.4) is 0 Å². The lowest BCUT2D eigenvalue weighted by Gasteiger charge is -2.11. The van der Waals surface area contributed by atoms with E-state index in [9.17, 15) is 4.79 Å². The van der Waals surface area contributed by atoms with Crippen LogP contribution < -0.4 is 9.47 Å². The second kappa shape index (κ2) is 7.92. The molecular weight excluding hydrogens is 320 g/mol. The summed E-state index contributed by atoms with van der Waals surface area (Å²) in [6, 6.07) is 14.6. The number of hydrogen-bond donors (Lipinski definition) is 0. The van der Waals surface area contributed by atoms with Gasteiger partial charge in [0.1, 0.15) is 18.1 Å². The second-order valence-corrected chi connectivity index (χ2v) is 5.10. The van der Waals surface area contributed by atoms with E-state index in [1.165, 1.54) is 19.5 Å². The Balaban J connectivity index is 1.83. The molecule has 126 valence electrons. The van der Waals surface area contributed by atoms with Gasteiger partial charge in [-0.2, -0.15) is 0 Å². The van der Waals surface area contributed by atoms with Crippen LogP contribution >= 0.6 is 0 Å². The molecule has 2 aromatic carbocycles. The van der Waals surface area contributed by atoms with Crippen molar-refractivity contribution in [2.24, 2.45) is 0 Å². The van der Waals surface area contributed by atoms with Gasteiger partial charge < -0.3 is 14.2 Å². The lowest BCUT2D eigenvalue weighted by molar-refractivity contribution is 0.0599. The van der Waals surface area contributed by atoms with Gasteiger partial charge in [-0.1, -0.05) is 30.3 Å². The maximum absolute atomic E-state index is 11.9. The van der Waals surface area contributed by atoms with E-state index in [0.717, 1.165) is 5.56 Å². The number of benzene rings is 2. The number of esters is 1. The van der Waals surface area contributed by atoms with E-state index in [2.05, 4.69) is 9.97 Å². The van der Waals surface area contributed by atoms with Gasteiger partial charge in [-0.3, -0.25) is 4.98 Å². The molecule has 3 aromatic rings. The second-order valence-electron chi connectivity index (χ2n) is 5.10.